The van der Waals surface area contributed by atoms with Crippen LogP contribution in [0.4, 0.5) is 0 Å². The van der Waals surface area contributed by atoms with Crippen LogP contribution in [-0.4, -0.2) is 56.1 Å². The van der Waals surface area contributed by atoms with Crippen molar-refractivity contribution in [2.45, 2.75) is 30.3 Å². The molecule has 2 rings (SSSR count). The first-order valence-corrected chi connectivity index (χ1v) is 4.41. The van der Waals surface area contributed by atoms with Crippen LogP contribution in [0.5, 0.6) is 0 Å². The lowest BCUT2D eigenvalue weighted by Crippen LogP contribution is -2.44. The predicted molar refractivity (Wildman–Crippen MR) is 41.7 cm³/mol. The molecule has 0 aromatic rings. The molecular weight excluding hydrogens is 176 g/mol. The number of fused-ring (bicyclic) bond motifs is 1. The van der Waals surface area contributed by atoms with E-state index >= 15 is 0 Å². The molecule has 0 bridgehead atoms. The molecule has 13 heavy (non-hydrogen) atoms. The molecule has 0 radical (unpaired) electrons. The van der Waals surface area contributed by atoms with Crippen LogP contribution in [0.25, 0.3) is 0 Å². The molecule has 0 aliphatic heterocycles. The first-order valence-electron chi connectivity index (χ1n) is 4.41. The minimum atomic E-state index is -1.38. The maximum Gasteiger partial charge on any atom is 0.104 e. The minimum absolute atomic E-state index is 0.127. The summed E-state index contributed by atoms with van der Waals surface area (Å²) in [6.45, 7) is -0.284. The van der Waals surface area contributed by atoms with E-state index in [0.29, 0.717) is 0 Å². The molecule has 2 saturated carbocycles. The molecule has 5 nitrogen and oxygen atoms in total. The van der Waals surface area contributed by atoms with Crippen molar-refractivity contribution in [1.82, 2.24) is 0 Å². The number of hydrogen-bond donors (Lipinski definition) is 5. The summed E-state index contributed by atoms with van der Waals surface area (Å²) in [5, 5.41) is 46.7. The van der Waals surface area contributed by atoms with Gasteiger partial charge in [-0.3, -0.25) is 0 Å². The van der Waals surface area contributed by atoms with Gasteiger partial charge in [0.15, 0.2) is 0 Å². The van der Waals surface area contributed by atoms with Gasteiger partial charge in [0.1, 0.15) is 5.60 Å². The van der Waals surface area contributed by atoms with Crippen molar-refractivity contribution in [1.29, 1.82) is 0 Å². The lowest BCUT2D eigenvalue weighted by atomic mass is 9.83. The largest absolute Gasteiger partial charge is 0.396 e. The van der Waals surface area contributed by atoms with Crippen molar-refractivity contribution in [3.05, 3.63) is 0 Å². The molecule has 5 unspecified atom stereocenters. The first-order chi connectivity index (χ1) is 6.03. The number of aliphatic hydroxyl groups is 5. The highest BCUT2D eigenvalue weighted by Crippen LogP contribution is 2.56. The Morgan fingerprint density at radius 1 is 1.23 bits per heavy atom. The summed E-state index contributed by atoms with van der Waals surface area (Å²) >= 11 is 0. The van der Waals surface area contributed by atoms with E-state index in [-0.39, 0.29) is 13.0 Å². The van der Waals surface area contributed by atoms with Crippen LogP contribution in [0, 0.1) is 11.8 Å². The van der Waals surface area contributed by atoms with E-state index < -0.39 is 35.7 Å². The highest BCUT2D eigenvalue weighted by Gasteiger charge is 2.73. The fourth-order valence-electron chi connectivity index (χ4n) is 2.46. The summed E-state index contributed by atoms with van der Waals surface area (Å²) in [5.41, 5.74) is -1.38. The molecular formula is C8H14O5. The molecule has 6 atom stereocenters. The van der Waals surface area contributed by atoms with Gasteiger partial charge in [0, 0.05) is 18.4 Å². The molecule has 0 saturated heterocycles. The summed E-state index contributed by atoms with van der Waals surface area (Å²) < 4.78 is 0. The maximum absolute atomic E-state index is 9.78. The third-order valence-electron chi connectivity index (χ3n) is 3.40. The predicted octanol–water partition coefficient (Wildman–Crippen LogP) is -2.56. The second-order valence-corrected chi connectivity index (χ2v) is 4.03. The average molecular weight is 190 g/mol. The molecule has 0 aromatic carbocycles. The summed E-state index contributed by atoms with van der Waals surface area (Å²) in [5.74, 6) is -1.24. The van der Waals surface area contributed by atoms with E-state index in [1.54, 1.807) is 0 Å². The molecule has 76 valence electrons. The van der Waals surface area contributed by atoms with E-state index in [2.05, 4.69) is 0 Å². The van der Waals surface area contributed by atoms with Crippen molar-refractivity contribution >= 4 is 0 Å². The Morgan fingerprint density at radius 3 is 2.38 bits per heavy atom. The topological polar surface area (TPSA) is 101 Å². The summed E-state index contributed by atoms with van der Waals surface area (Å²) in [4.78, 5) is 0. The van der Waals surface area contributed by atoms with Gasteiger partial charge in [-0.05, 0) is 6.42 Å². The molecule has 0 spiro atoms. The number of aliphatic hydroxyl groups excluding tert-OH is 4. The van der Waals surface area contributed by atoms with Gasteiger partial charge >= 0.3 is 0 Å². The highest BCUT2D eigenvalue weighted by molar-refractivity contribution is 5.22. The second-order valence-electron chi connectivity index (χ2n) is 4.03. The molecule has 0 heterocycles. The van der Waals surface area contributed by atoms with E-state index in [4.69, 9.17) is 5.11 Å². The SMILES string of the molecule is OCC1C[C@H](O)C(O)C2C(O)C12O. The fourth-order valence-corrected chi connectivity index (χ4v) is 2.46. The van der Waals surface area contributed by atoms with E-state index in [9.17, 15) is 20.4 Å². The van der Waals surface area contributed by atoms with E-state index in [1.165, 1.54) is 0 Å². The Hall–Kier alpha value is -0.200. The molecule has 2 aliphatic carbocycles. The van der Waals surface area contributed by atoms with E-state index in [0.717, 1.165) is 0 Å². The van der Waals surface area contributed by atoms with Crippen molar-refractivity contribution in [2.75, 3.05) is 6.61 Å². The van der Waals surface area contributed by atoms with Gasteiger partial charge in [0.05, 0.1) is 18.3 Å². The van der Waals surface area contributed by atoms with Gasteiger partial charge in [-0.1, -0.05) is 0 Å². The van der Waals surface area contributed by atoms with Crippen LogP contribution in [0.3, 0.4) is 0 Å². The van der Waals surface area contributed by atoms with Crippen molar-refractivity contribution < 1.29 is 25.5 Å². The molecule has 0 amide bonds. The monoisotopic (exact) mass is 190 g/mol. The zero-order chi connectivity index (χ0) is 9.80. The summed E-state index contributed by atoms with van der Waals surface area (Å²) in [6.07, 6.45) is -2.93. The normalized spacial score (nSPS) is 60.2. The van der Waals surface area contributed by atoms with Gasteiger partial charge in [-0.15, -0.1) is 0 Å². The summed E-state index contributed by atoms with van der Waals surface area (Å²) in [7, 11) is 0. The van der Waals surface area contributed by atoms with E-state index in [1.807, 2.05) is 0 Å². The van der Waals surface area contributed by atoms with Crippen molar-refractivity contribution in [3.63, 3.8) is 0 Å². The van der Waals surface area contributed by atoms with Gasteiger partial charge in [-0.25, -0.2) is 0 Å². The van der Waals surface area contributed by atoms with Crippen LogP contribution in [0.15, 0.2) is 0 Å². The molecule has 2 aliphatic rings. The molecule has 5 heteroatoms. The Kier molecular flexibility index (Phi) is 1.91. The Balaban J connectivity index is 2.20. The van der Waals surface area contributed by atoms with Gasteiger partial charge in [0.25, 0.3) is 0 Å². The third kappa shape index (κ3) is 0.992. The third-order valence-corrected chi connectivity index (χ3v) is 3.40. The van der Waals surface area contributed by atoms with Gasteiger partial charge in [-0.2, -0.15) is 0 Å². The van der Waals surface area contributed by atoms with Crippen LogP contribution in [-0.2, 0) is 0 Å². The zero-order valence-electron chi connectivity index (χ0n) is 7.04. The first kappa shape index (κ1) is 9.36. The van der Waals surface area contributed by atoms with Crippen LogP contribution in [0.2, 0.25) is 0 Å². The Bertz CT molecular complexity index is 217. The second kappa shape index (κ2) is 2.65. The smallest absolute Gasteiger partial charge is 0.104 e. The Morgan fingerprint density at radius 2 is 1.85 bits per heavy atom. The van der Waals surface area contributed by atoms with Crippen molar-refractivity contribution in [2.24, 2.45) is 11.8 Å². The average Bonchev–Trinajstić information content (AvgIpc) is 2.64. The van der Waals surface area contributed by atoms with Crippen molar-refractivity contribution in [3.8, 4) is 0 Å². The quantitative estimate of drug-likeness (QED) is 0.313. The maximum atomic E-state index is 9.78. The highest BCUT2D eigenvalue weighted by atomic mass is 16.4. The standard InChI is InChI=1S/C8H14O5/c9-2-3-1-4(10)6(11)5-7(12)8(3,5)13/h3-7,9-13H,1-2H2/t3?,4-,5?,6?,7?,8?/m0/s1. The van der Waals surface area contributed by atoms with Crippen LogP contribution >= 0.6 is 0 Å². The van der Waals surface area contributed by atoms with Crippen LogP contribution < -0.4 is 0 Å². The van der Waals surface area contributed by atoms with Gasteiger partial charge in [0.2, 0.25) is 0 Å². The lowest BCUT2D eigenvalue weighted by molar-refractivity contribution is -0.0946. The molecule has 0 aromatic heterocycles. The lowest BCUT2D eigenvalue weighted by Gasteiger charge is -2.32. The number of rotatable bonds is 1. The fraction of sp³-hybridized carbons (Fsp3) is 1.00. The molecule has 5 N–H and O–H groups in total. The molecule has 2 fully saturated rings. The summed E-state index contributed by atoms with van der Waals surface area (Å²) in [6, 6.07) is 0. The Labute approximate surface area is 75.3 Å². The minimum Gasteiger partial charge on any atom is -0.396 e. The van der Waals surface area contributed by atoms with Gasteiger partial charge < -0.3 is 25.5 Å². The zero-order valence-corrected chi connectivity index (χ0v) is 7.04. The number of hydrogen-bond acceptors (Lipinski definition) is 5. The van der Waals surface area contributed by atoms with Crippen LogP contribution in [0.1, 0.15) is 6.42 Å².